The van der Waals surface area contributed by atoms with Gasteiger partial charge in [-0.2, -0.15) is 0 Å². The largest absolute Gasteiger partial charge is 0.210 e. The van der Waals surface area contributed by atoms with Gasteiger partial charge in [0, 0.05) is 5.54 Å². The van der Waals surface area contributed by atoms with E-state index in [9.17, 15) is 0 Å². The summed E-state index contributed by atoms with van der Waals surface area (Å²) in [4.78, 5) is 0. The lowest BCUT2D eigenvalue weighted by molar-refractivity contribution is 1.48. The number of hydrogen-bond donors (Lipinski definition) is 0. The third-order valence-electron chi connectivity index (χ3n) is 0.919. The zero-order valence-electron chi connectivity index (χ0n) is 6.63. The Morgan fingerprint density at radius 2 is 1.08 bits per heavy atom. The van der Waals surface area contributed by atoms with Gasteiger partial charge in [0.15, 0.2) is 0 Å². The van der Waals surface area contributed by atoms with Crippen LogP contribution in [0.1, 0.15) is 0 Å². The minimum Gasteiger partial charge on any atom is -0.0931 e. The Bertz CT molecular complexity index is 198. The van der Waals surface area contributed by atoms with Crippen LogP contribution in [0.4, 0.5) is 0 Å². The molecule has 0 amide bonds. The Hall–Kier alpha value is 0.120. The van der Waals surface area contributed by atoms with Gasteiger partial charge in [-0.25, -0.2) is 0 Å². The molecule has 0 aliphatic carbocycles. The van der Waals surface area contributed by atoms with Crippen molar-refractivity contribution in [1.29, 1.82) is 0 Å². The first-order valence-corrected chi connectivity index (χ1v) is 4.98. The average Bonchev–Trinajstić information content (AvgIpc) is 2.06. The van der Waals surface area contributed by atoms with Crippen LogP contribution in [0.15, 0.2) is 48.0 Å². The summed E-state index contributed by atoms with van der Waals surface area (Å²) in [6.45, 7) is 0. The summed E-state index contributed by atoms with van der Waals surface area (Å²) < 4.78 is -1.35. The molecule has 4 heteroatoms. The normalized spacial score (nSPS) is 10.8. The highest BCUT2D eigenvalue weighted by atomic mass is 35.6. The van der Waals surface area contributed by atoms with Crippen molar-refractivity contribution >= 4 is 46.4 Å². The number of rotatable bonds is 0. The van der Waals surface area contributed by atoms with Gasteiger partial charge in [0.25, 0.3) is 0 Å². The highest BCUT2D eigenvalue weighted by molar-refractivity contribution is 6.69. The van der Waals surface area contributed by atoms with E-state index in [1.54, 1.807) is 0 Å². The zero-order chi connectivity index (χ0) is 10.2. The van der Waals surface area contributed by atoms with Crippen LogP contribution in [0, 0.1) is 0 Å². The van der Waals surface area contributed by atoms with Crippen molar-refractivity contribution in [2.24, 2.45) is 0 Å². The Morgan fingerprint density at radius 3 is 1.15 bits per heavy atom. The smallest absolute Gasteiger partial charge is 0.0931 e. The third kappa shape index (κ3) is 12.1. The number of halogens is 4. The van der Waals surface area contributed by atoms with E-state index in [1.165, 1.54) is 6.08 Å². The predicted molar refractivity (Wildman–Crippen MR) is 61.7 cm³/mol. The molecule has 0 unspecified atom stereocenters. The molecule has 1 rings (SSSR count). The molecule has 0 saturated carbocycles. The first kappa shape index (κ1) is 13.1. The maximum Gasteiger partial charge on any atom is 0.210 e. The molecule has 0 bridgehead atoms. The number of alkyl halides is 3. The van der Waals surface area contributed by atoms with Gasteiger partial charge in [0.2, 0.25) is 3.79 Å². The second-order valence-electron chi connectivity index (χ2n) is 1.99. The summed E-state index contributed by atoms with van der Waals surface area (Å²) in [7, 11) is 0. The first-order valence-electron chi connectivity index (χ1n) is 3.41. The number of allylic oxidation sites excluding steroid dienone is 1. The van der Waals surface area contributed by atoms with E-state index in [1.807, 2.05) is 36.4 Å². The molecule has 0 nitrogen and oxygen atoms in total. The van der Waals surface area contributed by atoms with Gasteiger partial charge in [-0.3, -0.25) is 0 Å². The minimum atomic E-state index is -1.35. The molecule has 1 aromatic carbocycles. The van der Waals surface area contributed by atoms with Crippen molar-refractivity contribution in [3.63, 3.8) is 0 Å². The topological polar surface area (TPSA) is 0 Å². The highest BCUT2D eigenvalue weighted by Gasteiger charge is 2.12. The Labute approximate surface area is 98.1 Å². The molecule has 0 aromatic heterocycles. The lowest BCUT2D eigenvalue weighted by Gasteiger charge is -1.98. The van der Waals surface area contributed by atoms with Crippen LogP contribution in [0.2, 0.25) is 0 Å². The van der Waals surface area contributed by atoms with Crippen molar-refractivity contribution in [3.8, 4) is 0 Å². The summed E-state index contributed by atoms with van der Waals surface area (Å²) in [5.41, 5.74) is 1.16. The van der Waals surface area contributed by atoms with Gasteiger partial charge in [-0.05, 0) is 6.08 Å². The van der Waals surface area contributed by atoms with Crippen LogP contribution in [0.3, 0.4) is 0 Å². The molecule has 0 saturated heterocycles. The fourth-order valence-electron chi connectivity index (χ4n) is 0.456. The second kappa shape index (κ2) is 7.52. The fourth-order valence-corrected chi connectivity index (χ4v) is 1.03. The van der Waals surface area contributed by atoms with E-state index in [2.05, 4.69) is 0 Å². The van der Waals surface area contributed by atoms with Gasteiger partial charge in [0.05, 0.1) is 0 Å². The molecule has 0 atom stereocenters. The first-order chi connectivity index (χ1) is 6.06. The van der Waals surface area contributed by atoms with E-state index in [0.29, 0.717) is 0 Å². The SMILES string of the molecule is ClC=CC(Cl)(Cl)Cl.c1ccccc1. The van der Waals surface area contributed by atoms with Crippen LogP contribution in [-0.2, 0) is 0 Å². The van der Waals surface area contributed by atoms with Crippen molar-refractivity contribution < 1.29 is 0 Å². The summed E-state index contributed by atoms with van der Waals surface area (Å²) in [5, 5.41) is 0. The van der Waals surface area contributed by atoms with Crippen LogP contribution in [0.25, 0.3) is 0 Å². The summed E-state index contributed by atoms with van der Waals surface area (Å²) in [6.07, 6.45) is 1.25. The number of benzene rings is 1. The molecule has 0 aliphatic heterocycles. The molecule has 0 radical (unpaired) electrons. The molecule has 13 heavy (non-hydrogen) atoms. The van der Waals surface area contributed by atoms with E-state index < -0.39 is 3.79 Å². The Kier molecular flexibility index (Phi) is 7.59. The molecule has 1 aromatic rings. The molecule has 0 spiro atoms. The van der Waals surface area contributed by atoms with Crippen molar-refractivity contribution in [3.05, 3.63) is 48.0 Å². The van der Waals surface area contributed by atoms with Crippen molar-refractivity contribution in [2.75, 3.05) is 0 Å². The lowest BCUT2D eigenvalue weighted by atomic mass is 10.4. The molecule has 0 heterocycles. The van der Waals surface area contributed by atoms with Gasteiger partial charge >= 0.3 is 0 Å². The highest BCUT2D eigenvalue weighted by Crippen LogP contribution is 2.27. The second-order valence-corrected chi connectivity index (χ2v) is 4.61. The van der Waals surface area contributed by atoms with Gasteiger partial charge in [0.1, 0.15) is 0 Å². The Balaban J connectivity index is 0.000000223. The standard InChI is InChI=1S/C6H6.C3H2Cl4/c1-2-4-6-5-3-1;4-2-1-3(5,6)7/h1-6H;1-2H. The third-order valence-corrected chi connectivity index (χ3v) is 1.42. The molecule has 0 aliphatic rings. The molecule has 72 valence electrons. The maximum absolute atomic E-state index is 5.19. The predicted octanol–water partition coefficient (Wildman–Crippen LogP) is 4.80. The minimum absolute atomic E-state index is 1.16. The van der Waals surface area contributed by atoms with Crippen LogP contribution in [0.5, 0.6) is 0 Å². The zero-order valence-corrected chi connectivity index (χ0v) is 9.65. The monoisotopic (exact) mass is 256 g/mol. The van der Waals surface area contributed by atoms with Crippen LogP contribution >= 0.6 is 46.4 Å². The van der Waals surface area contributed by atoms with E-state index in [0.717, 1.165) is 5.54 Å². The van der Waals surface area contributed by atoms with Gasteiger partial charge in [-0.1, -0.05) is 82.8 Å². The maximum atomic E-state index is 5.19. The van der Waals surface area contributed by atoms with E-state index in [-0.39, 0.29) is 0 Å². The van der Waals surface area contributed by atoms with Gasteiger partial charge < -0.3 is 0 Å². The summed E-state index contributed by atoms with van der Waals surface area (Å²) in [6, 6.07) is 12.0. The number of hydrogen-bond acceptors (Lipinski definition) is 0. The average molecular weight is 258 g/mol. The molecular formula is C9H8Cl4. The molecular weight excluding hydrogens is 250 g/mol. The summed E-state index contributed by atoms with van der Waals surface area (Å²) in [5.74, 6) is 0. The van der Waals surface area contributed by atoms with Crippen LogP contribution in [-0.4, -0.2) is 3.79 Å². The summed E-state index contributed by atoms with van der Waals surface area (Å²) >= 11 is 20.6. The van der Waals surface area contributed by atoms with E-state index in [4.69, 9.17) is 46.4 Å². The van der Waals surface area contributed by atoms with Crippen molar-refractivity contribution in [1.82, 2.24) is 0 Å². The van der Waals surface area contributed by atoms with Gasteiger partial charge in [-0.15, -0.1) is 0 Å². The van der Waals surface area contributed by atoms with Crippen molar-refractivity contribution in [2.45, 2.75) is 3.79 Å². The lowest BCUT2D eigenvalue weighted by Crippen LogP contribution is -1.92. The quantitative estimate of drug-likeness (QED) is 0.586. The molecule has 0 N–H and O–H groups in total. The fraction of sp³-hybridized carbons (Fsp3) is 0.111. The van der Waals surface area contributed by atoms with Crippen LogP contribution < -0.4 is 0 Å². The Morgan fingerprint density at radius 1 is 0.769 bits per heavy atom. The van der Waals surface area contributed by atoms with E-state index >= 15 is 0 Å². The molecule has 0 fully saturated rings.